The molecule has 0 N–H and O–H groups in total. The van der Waals surface area contributed by atoms with E-state index in [1.165, 1.54) is 17.4 Å². The maximum Gasteiger partial charge on any atom is 0.331 e. The number of thiophene rings is 1. The predicted octanol–water partition coefficient (Wildman–Crippen LogP) is 2.11. The molecule has 24 heavy (non-hydrogen) atoms. The highest BCUT2D eigenvalue weighted by atomic mass is 32.1. The van der Waals surface area contributed by atoms with Crippen molar-refractivity contribution in [3.05, 3.63) is 28.5 Å². The summed E-state index contributed by atoms with van der Waals surface area (Å²) in [5, 5.41) is 3.82. The van der Waals surface area contributed by atoms with Crippen molar-refractivity contribution in [1.29, 1.82) is 0 Å². The number of ether oxygens (including phenoxy) is 2. The van der Waals surface area contributed by atoms with Crippen LogP contribution in [-0.2, 0) is 23.9 Å². The fourth-order valence-corrected chi connectivity index (χ4v) is 3.06. The molecule has 1 aromatic heterocycles. The maximum atomic E-state index is 12.0. The van der Waals surface area contributed by atoms with Gasteiger partial charge in [0.1, 0.15) is 0 Å². The molecular weight excluding hydrogens is 330 g/mol. The van der Waals surface area contributed by atoms with E-state index >= 15 is 0 Å². The lowest BCUT2D eigenvalue weighted by Gasteiger charge is -2.30. The topological polar surface area (TPSA) is 72.9 Å². The smallest absolute Gasteiger partial charge is 0.331 e. The molecular formula is C17H21NO5S. The molecule has 0 bridgehead atoms. The first-order chi connectivity index (χ1) is 11.6. The lowest BCUT2D eigenvalue weighted by molar-refractivity contribution is -0.153. The van der Waals surface area contributed by atoms with Crippen molar-refractivity contribution in [3.8, 4) is 0 Å². The van der Waals surface area contributed by atoms with Crippen molar-refractivity contribution in [3.63, 3.8) is 0 Å². The van der Waals surface area contributed by atoms with Gasteiger partial charge in [-0.3, -0.25) is 9.59 Å². The van der Waals surface area contributed by atoms with Gasteiger partial charge in [-0.2, -0.15) is 11.3 Å². The Morgan fingerprint density at radius 1 is 1.29 bits per heavy atom. The second-order valence-electron chi connectivity index (χ2n) is 5.40. The normalized spacial score (nSPS) is 15.5. The summed E-state index contributed by atoms with van der Waals surface area (Å²) in [5.41, 5.74) is 0.921. The zero-order valence-corrected chi connectivity index (χ0v) is 14.4. The van der Waals surface area contributed by atoms with Gasteiger partial charge in [0.25, 0.3) is 5.91 Å². The highest BCUT2D eigenvalue weighted by Gasteiger charge is 2.28. The van der Waals surface area contributed by atoms with Crippen molar-refractivity contribution in [2.45, 2.75) is 19.8 Å². The molecule has 7 heteroatoms. The molecule has 0 unspecified atom stereocenters. The summed E-state index contributed by atoms with van der Waals surface area (Å²) in [6, 6.07) is 1.88. The van der Waals surface area contributed by atoms with Crippen LogP contribution in [-0.4, -0.2) is 49.0 Å². The number of esters is 2. The highest BCUT2D eigenvalue weighted by Crippen LogP contribution is 2.18. The number of hydrogen-bond acceptors (Lipinski definition) is 6. The van der Waals surface area contributed by atoms with Gasteiger partial charge in [-0.1, -0.05) is 0 Å². The molecule has 1 saturated heterocycles. The molecule has 1 aliphatic rings. The monoisotopic (exact) mass is 351 g/mol. The quantitative estimate of drug-likeness (QED) is 0.580. The molecule has 1 fully saturated rings. The van der Waals surface area contributed by atoms with Crippen molar-refractivity contribution >= 4 is 35.3 Å². The van der Waals surface area contributed by atoms with Crippen LogP contribution in [0.15, 0.2) is 22.9 Å². The Morgan fingerprint density at radius 3 is 2.67 bits per heavy atom. The van der Waals surface area contributed by atoms with Crippen molar-refractivity contribution in [2.75, 3.05) is 26.3 Å². The first-order valence-electron chi connectivity index (χ1n) is 7.91. The van der Waals surface area contributed by atoms with Crippen molar-refractivity contribution in [1.82, 2.24) is 4.90 Å². The van der Waals surface area contributed by atoms with E-state index in [-0.39, 0.29) is 24.4 Å². The van der Waals surface area contributed by atoms with E-state index in [9.17, 15) is 14.4 Å². The first-order valence-corrected chi connectivity index (χ1v) is 8.86. The molecule has 0 radical (unpaired) electrons. The molecule has 1 aromatic rings. The average Bonchev–Trinajstić information content (AvgIpc) is 3.11. The van der Waals surface area contributed by atoms with Crippen LogP contribution in [0.3, 0.4) is 0 Å². The molecule has 0 atom stereocenters. The summed E-state index contributed by atoms with van der Waals surface area (Å²) in [4.78, 5) is 36.9. The Bertz CT molecular complexity index is 588. The van der Waals surface area contributed by atoms with Gasteiger partial charge in [-0.05, 0) is 48.2 Å². The zero-order chi connectivity index (χ0) is 17.4. The molecule has 0 saturated carbocycles. The van der Waals surface area contributed by atoms with E-state index in [2.05, 4.69) is 0 Å². The number of carbonyl (C=O) groups excluding carboxylic acids is 3. The Kier molecular flexibility index (Phi) is 6.99. The van der Waals surface area contributed by atoms with Crippen LogP contribution in [0.1, 0.15) is 25.3 Å². The summed E-state index contributed by atoms with van der Waals surface area (Å²) < 4.78 is 9.96. The molecule has 130 valence electrons. The van der Waals surface area contributed by atoms with Crippen molar-refractivity contribution < 1.29 is 23.9 Å². The minimum absolute atomic E-state index is 0.148. The number of piperidine rings is 1. The number of hydrogen-bond donors (Lipinski definition) is 0. The Hall–Kier alpha value is -2.15. The zero-order valence-electron chi connectivity index (χ0n) is 13.6. The molecule has 0 aliphatic carbocycles. The fourth-order valence-electron chi connectivity index (χ4n) is 2.43. The van der Waals surface area contributed by atoms with Crippen LogP contribution in [0.2, 0.25) is 0 Å². The number of carbonyl (C=O) groups is 3. The summed E-state index contributed by atoms with van der Waals surface area (Å²) in [6.07, 6.45) is 4.11. The van der Waals surface area contributed by atoms with Gasteiger partial charge in [0.15, 0.2) is 6.61 Å². The minimum Gasteiger partial charge on any atom is -0.466 e. The van der Waals surface area contributed by atoms with Crippen LogP contribution in [0, 0.1) is 5.92 Å². The van der Waals surface area contributed by atoms with Crippen molar-refractivity contribution in [2.24, 2.45) is 5.92 Å². The Morgan fingerprint density at radius 2 is 2.04 bits per heavy atom. The van der Waals surface area contributed by atoms with Gasteiger partial charge in [0.2, 0.25) is 0 Å². The van der Waals surface area contributed by atoms with E-state index < -0.39 is 5.97 Å². The molecule has 1 aliphatic heterocycles. The third kappa shape index (κ3) is 5.49. The second kappa shape index (κ2) is 9.22. The molecule has 2 heterocycles. The van der Waals surface area contributed by atoms with Gasteiger partial charge in [-0.25, -0.2) is 4.79 Å². The van der Waals surface area contributed by atoms with Gasteiger partial charge in [0.05, 0.1) is 12.5 Å². The summed E-state index contributed by atoms with van der Waals surface area (Å²) in [5.74, 6) is -1.13. The molecule has 0 aromatic carbocycles. The van der Waals surface area contributed by atoms with E-state index in [4.69, 9.17) is 9.47 Å². The molecule has 0 spiro atoms. The largest absolute Gasteiger partial charge is 0.466 e. The van der Waals surface area contributed by atoms with E-state index in [0.29, 0.717) is 32.5 Å². The van der Waals surface area contributed by atoms with Gasteiger partial charge < -0.3 is 14.4 Å². The summed E-state index contributed by atoms with van der Waals surface area (Å²) in [7, 11) is 0. The maximum absolute atomic E-state index is 12.0. The minimum atomic E-state index is -0.545. The highest BCUT2D eigenvalue weighted by molar-refractivity contribution is 7.08. The van der Waals surface area contributed by atoms with Crippen LogP contribution in [0.25, 0.3) is 6.08 Å². The third-order valence-corrected chi connectivity index (χ3v) is 4.46. The van der Waals surface area contributed by atoms with E-state index in [0.717, 1.165) is 5.56 Å². The fraction of sp³-hybridized carbons (Fsp3) is 0.471. The standard InChI is InChI=1S/C17H21NO5S/c1-2-22-17(21)14-5-8-18(9-6-14)15(19)11-23-16(20)4-3-13-7-10-24-12-13/h3-4,7,10,12,14H,2,5-6,8-9,11H2,1H3/b4-3+. The van der Waals surface area contributed by atoms with Gasteiger partial charge in [-0.15, -0.1) is 0 Å². The molecule has 2 rings (SSSR count). The third-order valence-electron chi connectivity index (χ3n) is 3.76. The Balaban J connectivity index is 1.70. The first kappa shape index (κ1) is 18.2. The van der Waals surface area contributed by atoms with Gasteiger partial charge >= 0.3 is 11.9 Å². The molecule has 1 amide bonds. The van der Waals surface area contributed by atoms with Crippen LogP contribution >= 0.6 is 11.3 Å². The lowest BCUT2D eigenvalue weighted by atomic mass is 9.97. The average molecular weight is 351 g/mol. The lowest BCUT2D eigenvalue weighted by Crippen LogP contribution is -2.42. The SMILES string of the molecule is CCOC(=O)C1CCN(C(=O)COC(=O)/C=C/c2ccsc2)CC1. The summed E-state index contributed by atoms with van der Waals surface area (Å²) in [6.45, 7) is 2.82. The van der Waals surface area contributed by atoms with Crippen LogP contribution < -0.4 is 0 Å². The number of likely N-dealkylation sites (tertiary alicyclic amines) is 1. The summed E-state index contributed by atoms with van der Waals surface area (Å²) >= 11 is 1.54. The van der Waals surface area contributed by atoms with Crippen LogP contribution in [0.5, 0.6) is 0 Å². The Labute approximate surface area is 145 Å². The predicted molar refractivity (Wildman–Crippen MR) is 90.2 cm³/mol. The second-order valence-corrected chi connectivity index (χ2v) is 6.18. The van der Waals surface area contributed by atoms with Gasteiger partial charge in [0, 0.05) is 19.2 Å². The van der Waals surface area contributed by atoms with E-state index in [1.54, 1.807) is 17.9 Å². The van der Waals surface area contributed by atoms with E-state index in [1.807, 2.05) is 16.8 Å². The van der Waals surface area contributed by atoms with Crippen LogP contribution in [0.4, 0.5) is 0 Å². The number of nitrogens with zero attached hydrogens (tertiary/aromatic N) is 1. The number of amides is 1. The molecule has 6 nitrogen and oxygen atoms in total. The number of rotatable bonds is 6.